The van der Waals surface area contributed by atoms with Gasteiger partial charge in [0.2, 0.25) is 5.91 Å². The van der Waals surface area contributed by atoms with Gasteiger partial charge in [0.05, 0.1) is 13.2 Å². The molecule has 0 aliphatic rings. The lowest BCUT2D eigenvalue weighted by Crippen LogP contribution is -2.52. The molecule has 0 radical (unpaired) electrons. The maximum absolute atomic E-state index is 12.2. The number of carbonyl (C=O) groups excluding carboxylic acids is 2. The Morgan fingerprint density at radius 1 is 1.30 bits per heavy atom. The summed E-state index contributed by atoms with van der Waals surface area (Å²) in [7, 11) is 0. The van der Waals surface area contributed by atoms with Crippen LogP contribution in [-0.2, 0) is 19.9 Å². The predicted octanol–water partition coefficient (Wildman–Crippen LogP) is 1.85. The zero-order chi connectivity index (χ0) is 15.3. The van der Waals surface area contributed by atoms with Crippen molar-refractivity contribution in [1.29, 1.82) is 0 Å². The topological polar surface area (TPSA) is 81.4 Å². The summed E-state index contributed by atoms with van der Waals surface area (Å²) in [6, 6.07) is 4.62. The summed E-state index contributed by atoms with van der Waals surface area (Å²) < 4.78 is 5.01. The number of ether oxygens (including phenoxy) is 1. The summed E-state index contributed by atoms with van der Waals surface area (Å²) in [6.45, 7) is 3.12. The normalized spacial score (nSPS) is 13.4. The highest BCUT2D eigenvalue weighted by atomic mass is 35.5. The van der Waals surface area contributed by atoms with E-state index in [1.807, 2.05) is 0 Å². The average molecular weight is 319 g/mol. The Kier molecular flexibility index (Phi) is 5.80. The summed E-state index contributed by atoms with van der Waals surface area (Å²) in [5.41, 5.74) is 4.30. The fourth-order valence-corrected chi connectivity index (χ4v) is 2.21. The molecule has 0 heterocycles. The molecule has 0 fully saturated rings. The molecule has 20 heavy (non-hydrogen) atoms. The molecular weight excluding hydrogens is 303 g/mol. The van der Waals surface area contributed by atoms with E-state index in [1.54, 1.807) is 19.1 Å². The molecule has 1 atom stereocenters. The van der Waals surface area contributed by atoms with Crippen LogP contribution in [0.1, 0.15) is 19.4 Å². The van der Waals surface area contributed by atoms with Gasteiger partial charge in [-0.15, -0.1) is 0 Å². The zero-order valence-corrected chi connectivity index (χ0v) is 12.7. The summed E-state index contributed by atoms with van der Waals surface area (Å²) >= 11 is 11.9. The highest BCUT2D eigenvalue weighted by Gasteiger charge is 2.38. The summed E-state index contributed by atoms with van der Waals surface area (Å²) in [4.78, 5) is 23.7. The molecular formula is C13H16Cl2N2O3. The molecule has 0 aliphatic heterocycles. The van der Waals surface area contributed by atoms with Crippen molar-refractivity contribution in [3.05, 3.63) is 33.8 Å². The molecule has 1 unspecified atom stereocenters. The molecule has 0 aliphatic carbocycles. The Morgan fingerprint density at radius 3 is 2.30 bits per heavy atom. The van der Waals surface area contributed by atoms with E-state index in [-0.39, 0.29) is 13.2 Å². The van der Waals surface area contributed by atoms with Crippen molar-refractivity contribution in [3.63, 3.8) is 0 Å². The number of nitrogens with two attached hydrogens (primary N) is 1. The zero-order valence-electron chi connectivity index (χ0n) is 11.2. The van der Waals surface area contributed by atoms with Gasteiger partial charge in [-0.1, -0.05) is 23.2 Å². The molecule has 1 rings (SSSR count). The molecule has 1 aromatic rings. The van der Waals surface area contributed by atoms with Crippen molar-refractivity contribution in [3.8, 4) is 0 Å². The fourth-order valence-electron chi connectivity index (χ4n) is 1.69. The smallest absolute Gasteiger partial charge is 0.336 e. The van der Waals surface area contributed by atoms with Crippen molar-refractivity contribution in [2.24, 2.45) is 5.73 Å². The Bertz CT molecular complexity index is 502. The van der Waals surface area contributed by atoms with Gasteiger partial charge < -0.3 is 15.8 Å². The molecule has 110 valence electrons. The minimum Gasteiger partial charge on any atom is -0.464 e. The first-order chi connectivity index (χ1) is 9.33. The summed E-state index contributed by atoms with van der Waals surface area (Å²) in [5, 5.41) is 3.25. The first-order valence-electron chi connectivity index (χ1n) is 5.98. The van der Waals surface area contributed by atoms with Gasteiger partial charge in [0.1, 0.15) is 0 Å². The van der Waals surface area contributed by atoms with Crippen molar-refractivity contribution in [2.75, 3.05) is 13.2 Å². The number of rotatable bonds is 5. The van der Waals surface area contributed by atoms with Crippen molar-refractivity contribution in [2.45, 2.75) is 19.4 Å². The number of esters is 1. The number of nitrogens with one attached hydrogen (secondary N) is 1. The lowest BCUT2D eigenvalue weighted by molar-refractivity contribution is -0.153. The molecule has 1 amide bonds. The maximum Gasteiger partial charge on any atom is 0.336 e. The van der Waals surface area contributed by atoms with Crippen LogP contribution in [0.15, 0.2) is 18.2 Å². The Hall–Kier alpha value is -1.30. The van der Waals surface area contributed by atoms with Crippen LogP contribution in [0.5, 0.6) is 0 Å². The van der Waals surface area contributed by atoms with E-state index in [2.05, 4.69) is 5.32 Å². The summed E-state index contributed by atoms with van der Waals surface area (Å²) in [5.74, 6) is -1.10. The predicted molar refractivity (Wildman–Crippen MR) is 77.6 cm³/mol. The van der Waals surface area contributed by atoms with Gasteiger partial charge >= 0.3 is 5.97 Å². The van der Waals surface area contributed by atoms with E-state index >= 15 is 0 Å². The highest BCUT2D eigenvalue weighted by Crippen LogP contribution is 2.28. The SMILES string of the molecule is CCOC(=O)C(C)(NC(=O)CN)c1cc(Cl)cc(Cl)c1. The third kappa shape index (κ3) is 3.85. The molecule has 0 aromatic heterocycles. The van der Waals surface area contributed by atoms with E-state index in [0.717, 1.165) is 0 Å². The second-order valence-corrected chi connectivity index (χ2v) is 5.13. The standard InChI is InChI=1S/C13H16Cl2N2O3/c1-3-20-12(19)13(2,17-11(18)7-16)8-4-9(14)6-10(15)5-8/h4-6H,3,7,16H2,1-2H3,(H,17,18). The van der Waals surface area contributed by atoms with E-state index in [0.29, 0.717) is 15.6 Å². The van der Waals surface area contributed by atoms with Gasteiger partial charge in [-0.25, -0.2) is 4.79 Å². The van der Waals surface area contributed by atoms with Crippen LogP contribution >= 0.6 is 23.2 Å². The van der Waals surface area contributed by atoms with E-state index in [4.69, 9.17) is 33.7 Å². The van der Waals surface area contributed by atoms with Crippen LogP contribution < -0.4 is 11.1 Å². The lowest BCUT2D eigenvalue weighted by atomic mass is 9.91. The number of benzene rings is 1. The van der Waals surface area contributed by atoms with Crippen LogP contribution in [0, 0.1) is 0 Å². The molecule has 0 bridgehead atoms. The van der Waals surface area contributed by atoms with Crippen molar-refractivity contribution < 1.29 is 14.3 Å². The largest absolute Gasteiger partial charge is 0.464 e. The molecule has 3 N–H and O–H groups in total. The number of halogens is 2. The minimum atomic E-state index is -1.40. The highest BCUT2D eigenvalue weighted by molar-refractivity contribution is 6.34. The first-order valence-corrected chi connectivity index (χ1v) is 6.74. The van der Waals surface area contributed by atoms with E-state index < -0.39 is 17.4 Å². The molecule has 0 saturated carbocycles. The fraction of sp³-hybridized carbons (Fsp3) is 0.385. The summed E-state index contributed by atoms with van der Waals surface area (Å²) in [6.07, 6.45) is 0. The van der Waals surface area contributed by atoms with Gasteiger partial charge in [0, 0.05) is 10.0 Å². The van der Waals surface area contributed by atoms with Crippen LogP contribution in [0.25, 0.3) is 0 Å². The number of carbonyl (C=O) groups is 2. The molecule has 1 aromatic carbocycles. The second kappa shape index (κ2) is 6.92. The van der Waals surface area contributed by atoms with E-state index in [1.165, 1.54) is 13.0 Å². The molecule has 0 saturated heterocycles. The number of amides is 1. The monoisotopic (exact) mass is 318 g/mol. The maximum atomic E-state index is 12.2. The van der Waals surface area contributed by atoms with Crippen molar-refractivity contribution in [1.82, 2.24) is 5.32 Å². The molecule has 5 nitrogen and oxygen atoms in total. The van der Waals surface area contributed by atoms with E-state index in [9.17, 15) is 9.59 Å². The van der Waals surface area contributed by atoms with Crippen LogP contribution in [-0.4, -0.2) is 25.0 Å². The quantitative estimate of drug-likeness (QED) is 0.812. The van der Waals surface area contributed by atoms with Gasteiger partial charge in [-0.2, -0.15) is 0 Å². The molecule has 0 spiro atoms. The Morgan fingerprint density at radius 2 is 1.85 bits per heavy atom. The lowest BCUT2D eigenvalue weighted by Gasteiger charge is -2.29. The van der Waals surface area contributed by atoms with Gasteiger partial charge in [-0.3, -0.25) is 4.79 Å². The Balaban J connectivity index is 3.28. The van der Waals surface area contributed by atoms with Gasteiger partial charge in [0.15, 0.2) is 5.54 Å². The molecule has 7 heteroatoms. The van der Waals surface area contributed by atoms with Crippen molar-refractivity contribution >= 4 is 35.1 Å². The van der Waals surface area contributed by atoms with Crippen LogP contribution in [0.4, 0.5) is 0 Å². The third-order valence-corrected chi connectivity index (χ3v) is 3.13. The first kappa shape index (κ1) is 16.8. The van der Waals surface area contributed by atoms with Gasteiger partial charge in [-0.05, 0) is 37.6 Å². The van der Waals surface area contributed by atoms with Crippen LogP contribution in [0.3, 0.4) is 0 Å². The number of hydrogen-bond acceptors (Lipinski definition) is 4. The van der Waals surface area contributed by atoms with Crippen LogP contribution in [0.2, 0.25) is 10.0 Å². The minimum absolute atomic E-state index is 0.182. The third-order valence-electron chi connectivity index (χ3n) is 2.70. The number of hydrogen-bond donors (Lipinski definition) is 2. The average Bonchev–Trinajstić information content (AvgIpc) is 2.37. The Labute approximate surface area is 127 Å². The van der Waals surface area contributed by atoms with Gasteiger partial charge in [0.25, 0.3) is 0 Å². The second-order valence-electron chi connectivity index (χ2n) is 4.26.